The van der Waals surface area contributed by atoms with E-state index in [-0.39, 0.29) is 18.9 Å². The number of nitrogens with one attached hydrogen (secondary N) is 1. The number of unbranched alkanes of at least 4 members (excludes halogenated alkanes) is 45. The summed E-state index contributed by atoms with van der Waals surface area (Å²) in [4.78, 5) is 13.4. The Kier molecular flexibility index (Phi) is 57.5. The molecule has 2 fully saturated rings. The van der Waals surface area contributed by atoms with Gasteiger partial charge in [-0.2, -0.15) is 0 Å². The van der Waals surface area contributed by atoms with Gasteiger partial charge >= 0.3 is 0 Å². The van der Waals surface area contributed by atoms with Crippen molar-refractivity contribution < 1.29 is 64.6 Å². The number of hydrogen-bond donors (Lipinski definition) is 9. The molecule has 14 heteroatoms. The van der Waals surface area contributed by atoms with Crippen LogP contribution < -0.4 is 5.32 Å². The van der Waals surface area contributed by atoms with Crippen molar-refractivity contribution in [2.24, 2.45) is 0 Å². The topological polar surface area (TPSA) is 228 Å². The second-order valence-electron chi connectivity index (χ2n) is 27.1. The average molecular weight is 1290 g/mol. The Hall–Kier alpha value is -2.05. The summed E-state index contributed by atoms with van der Waals surface area (Å²) >= 11 is 0. The summed E-state index contributed by atoms with van der Waals surface area (Å²) in [6.07, 6.45) is 64.8. The zero-order valence-electron chi connectivity index (χ0n) is 58.3. The van der Waals surface area contributed by atoms with E-state index in [4.69, 9.17) is 18.9 Å². The fourth-order valence-electron chi connectivity index (χ4n) is 12.6. The molecule has 14 nitrogen and oxygen atoms in total. The molecule has 534 valence electrons. The van der Waals surface area contributed by atoms with E-state index in [1.165, 1.54) is 263 Å². The van der Waals surface area contributed by atoms with Crippen molar-refractivity contribution in [3.05, 3.63) is 48.6 Å². The zero-order chi connectivity index (χ0) is 65.9. The van der Waals surface area contributed by atoms with E-state index in [2.05, 4.69) is 55.6 Å². The minimum absolute atomic E-state index is 0.247. The van der Waals surface area contributed by atoms with Crippen molar-refractivity contribution in [2.45, 2.75) is 415 Å². The highest BCUT2D eigenvalue weighted by Crippen LogP contribution is 2.30. The van der Waals surface area contributed by atoms with Gasteiger partial charge in [0.25, 0.3) is 0 Å². The first-order valence-electron chi connectivity index (χ1n) is 38.4. The molecular weight excluding hydrogens is 1150 g/mol. The van der Waals surface area contributed by atoms with Crippen LogP contribution in [0.25, 0.3) is 0 Å². The van der Waals surface area contributed by atoms with Crippen LogP contribution >= 0.6 is 0 Å². The number of allylic oxidation sites excluding steroid dienone is 7. The number of hydrogen-bond acceptors (Lipinski definition) is 13. The van der Waals surface area contributed by atoms with Gasteiger partial charge < -0.3 is 65.1 Å². The molecule has 91 heavy (non-hydrogen) atoms. The van der Waals surface area contributed by atoms with Crippen molar-refractivity contribution in [1.29, 1.82) is 0 Å². The van der Waals surface area contributed by atoms with Crippen LogP contribution in [0.1, 0.15) is 341 Å². The predicted molar refractivity (Wildman–Crippen MR) is 374 cm³/mol. The summed E-state index contributed by atoms with van der Waals surface area (Å²) in [5, 5.41) is 87.5. The van der Waals surface area contributed by atoms with Crippen molar-refractivity contribution >= 4 is 5.91 Å². The Labute approximate surface area is 556 Å². The molecule has 9 N–H and O–H groups in total. The fourth-order valence-corrected chi connectivity index (χ4v) is 12.6. The second-order valence-corrected chi connectivity index (χ2v) is 27.1. The highest BCUT2D eigenvalue weighted by molar-refractivity contribution is 5.76. The maximum Gasteiger partial charge on any atom is 0.220 e. The molecule has 2 aliphatic heterocycles. The van der Waals surface area contributed by atoms with Gasteiger partial charge in [0.1, 0.15) is 48.8 Å². The van der Waals surface area contributed by atoms with E-state index in [1.807, 2.05) is 6.08 Å². The van der Waals surface area contributed by atoms with Gasteiger partial charge in [0.2, 0.25) is 5.91 Å². The van der Waals surface area contributed by atoms with Crippen LogP contribution in [-0.2, 0) is 23.7 Å². The van der Waals surface area contributed by atoms with E-state index in [0.29, 0.717) is 12.8 Å². The predicted octanol–water partition coefficient (Wildman–Crippen LogP) is 16.6. The van der Waals surface area contributed by atoms with Crippen molar-refractivity contribution in [3.63, 3.8) is 0 Å². The van der Waals surface area contributed by atoms with Crippen LogP contribution in [0.3, 0.4) is 0 Å². The lowest BCUT2D eigenvalue weighted by atomic mass is 9.97. The first-order chi connectivity index (χ1) is 44.6. The molecule has 12 atom stereocenters. The molecule has 0 aromatic heterocycles. The maximum absolute atomic E-state index is 13.4. The number of rotatable bonds is 64. The van der Waals surface area contributed by atoms with E-state index in [0.717, 1.165) is 44.9 Å². The molecule has 2 rings (SSSR count). The first kappa shape index (κ1) is 85.0. The van der Waals surface area contributed by atoms with Crippen LogP contribution in [0.5, 0.6) is 0 Å². The molecule has 0 aliphatic carbocycles. The Morgan fingerprint density at radius 1 is 0.385 bits per heavy atom. The third kappa shape index (κ3) is 45.2. The monoisotopic (exact) mass is 1290 g/mol. The molecule has 0 radical (unpaired) electrons. The standard InChI is InChI=1S/C77H143NO13/c1-3-5-7-9-11-13-15-17-19-21-23-25-27-28-29-30-31-32-33-34-35-36-37-38-39-41-43-45-47-49-51-53-55-57-59-61-69(82)78-65(64-88-76-74(87)72(85)75(68(63-80)90-76)91-77-73(86)71(84)70(83)67(62-79)89-77)66(81)60-58-56-54-52-50-48-46-44-42-40-26-24-22-20-18-16-14-12-10-8-6-4-2/h21,23,42,44,50,52,58,60,65-68,70-77,79-81,83-87H,3-20,22,24-41,43,45-49,51,53-57,59,61-64H2,1-2H3,(H,78,82)/b23-21-,44-42+,52-50+,60-58+. The molecule has 0 saturated carbocycles. The molecule has 2 aliphatic rings. The molecule has 0 spiro atoms. The second kappa shape index (κ2) is 61.5. The largest absolute Gasteiger partial charge is 0.394 e. The maximum atomic E-state index is 13.4. The summed E-state index contributed by atoms with van der Waals surface area (Å²) in [7, 11) is 0. The molecule has 0 aromatic rings. The summed E-state index contributed by atoms with van der Waals surface area (Å²) in [6.45, 7) is 2.82. The normalized spacial score (nSPS) is 23.0. The highest BCUT2D eigenvalue weighted by atomic mass is 16.7. The molecule has 0 aromatic carbocycles. The van der Waals surface area contributed by atoms with E-state index in [1.54, 1.807) is 6.08 Å². The summed E-state index contributed by atoms with van der Waals surface area (Å²) in [6, 6.07) is -0.939. The number of aliphatic hydroxyl groups excluding tert-OH is 8. The van der Waals surface area contributed by atoms with Gasteiger partial charge in [0, 0.05) is 6.42 Å². The Bertz CT molecular complexity index is 1710. The summed E-state index contributed by atoms with van der Waals surface area (Å²) < 4.78 is 22.9. The highest BCUT2D eigenvalue weighted by Gasteiger charge is 2.51. The van der Waals surface area contributed by atoms with Crippen LogP contribution in [0.4, 0.5) is 0 Å². The molecule has 12 unspecified atom stereocenters. The number of amides is 1. The van der Waals surface area contributed by atoms with Gasteiger partial charge in [-0.25, -0.2) is 0 Å². The third-order valence-corrected chi connectivity index (χ3v) is 18.7. The van der Waals surface area contributed by atoms with Gasteiger partial charge in [-0.15, -0.1) is 0 Å². The average Bonchev–Trinajstić information content (AvgIpc) is 0.888. The van der Waals surface area contributed by atoms with Gasteiger partial charge in [-0.05, 0) is 70.6 Å². The first-order valence-corrected chi connectivity index (χ1v) is 38.4. The zero-order valence-corrected chi connectivity index (χ0v) is 58.3. The van der Waals surface area contributed by atoms with Crippen LogP contribution in [0.15, 0.2) is 48.6 Å². The quantitative estimate of drug-likeness (QED) is 0.0204. The van der Waals surface area contributed by atoms with Crippen LogP contribution in [0, 0.1) is 0 Å². The Morgan fingerprint density at radius 3 is 1.08 bits per heavy atom. The molecule has 1 amide bonds. The molecular formula is C77H143NO13. The number of aliphatic hydroxyl groups is 8. The van der Waals surface area contributed by atoms with Gasteiger partial charge in [-0.1, -0.05) is 313 Å². The lowest BCUT2D eigenvalue weighted by Gasteiger charge is -2.46. The molecule has 2 heterocycles. The van der Waals surface area contributed by atoms with E-state index in [9.17, 15) is 45.6 Å². The lowest BCUT2D eigenvalue weighted by molar-refractivity contribution is -0.359. The number of carbonyl (C=O) groups excluding carboxylic acids is 1. The van der Waals surface area contributed by atoms with Gasteiger partial charge in [-0.3, -0.25) is 4.79 Å². The third-order valence-electron chi connectivity index (χ3n) is 18.7. The van der Waals surface area contributed by atoms with Crippen LogP contribution in [-0.4, -0.2) is 140 Å². The minimum atomic E-state index is -1.79. The molecule has 2 saturated heterocycles. The Morgan fingerprint density at radius 2 is 0.703 bits per heavy atom. The SMILES string of the molecule is CCCCCCCCCC/C=C\CCCCCCCCCCCCCCCCCCCCCCCCCC(=O)NC(COC1OC(CO)C(OC2OC(CO)C(O)C(O)C2O)C(O)C1O)C(O)/C=C/CC/C=C/CC/C=C/CCCCCCCCCCCCCC. The van der Waals surface area contributed by atoms with Crippen molar-refractivity contribution in [1.82, 2.24) is 5.32 Å². The van der Waals surface area contributed by atoms with Gasteiger partial charge in [0.15, 0.2) is 12.6 Å². The van der Waals surface area contributed by atoms with Crippen molar-refractivity contribution in [2.75, 3.05) is 19.8 Å². The lowest BCUT2D eigenvalue weighted by Crippen LogP contribution is -2.65. The number of carbonyl (C=O) groups is 1. The van der Waals surface area contributed by atoms with Crippen LogP contribution in [0.2, 0.25) is 0 Å². The minimum Gasteiger partial charge on any atom is -0.394 e. The van der Waals surface area contributed by atoms with Crippen molar-refractivity contribution in [3.8, 4) is 0 Å². The summed E-state index contributed by atoms with van der Waals surface area (Å²) in [5.74, 6) is -0.247. The molecule has 0 bridgehead atoms. The smallest absolute Gasteiger partial charge is 0.220 e. The fraction of sp³-hybridized carbons (Fsp3) is 0.883. The van der Waals surface area contributed by atoms with Gasteiger partial charge in [0.05, 0.1) is 32.0 Å². The van der Waals surface area contributed by atoms with E-state index >= 15 is 0 Å². The summed E-state index contributed by atoms with van der Waals surface area (Å²) in [5.41, 5.74) is 0. The van der Waals surface area contributed by atoms with E-state index < -0.39 is 86.8 Å². The Balaban J connectivity index is 1.62. The number of ether oxygens (including phenoxy) is 4.